The second kappa shape index (κ2) is 8.64. The summed E-state index contributed by atoms with van der Waals surface area (Å²) < 4.78 is 1.29. The minimum Gasteiger partial charge on any atom is -0.352 e. The number of carbonyl (C=O) groups excluding carboxylic acids is 1. The van der Waals surface area contributed by atoms with Gasteiger partial charge in [-0.15, -0.1) is 0 Å². The smallest absolute Gasteiger partial charge is 0.285 e. The highest BCUT2D eigenvalue weighted by molar-refractivity contribution is 6.42. The Labute approximate surface area is 153 Å². The van der Waals surface area contributed by atoms with Crippen molar-refractivity contribution in [2.75, 3.05) is 6.54 Å². The zero-order chi connectivity index (χ0) is 18.4. The minimum atomic E-state index is -0.548. The van der Waals surface area contributed by atoms with Gasteiger partial charge in [-0.2, -0.15) is 0 Å². The fraction of sp³-hybridized carbons (Fsp3) is 0.250. The van der Waals surface area contributed by atoms with Crippen LogP contribution in [-0.4, -0.2) is 21.9 Å². The lowest BCUT2D eigenvalue weighted by Gasteiger charge is -2.07. The highest BCUT2D eigenvalue weighted by Gasteiger charge is 2.09. The van der Waals surface area contributed by atoms with E-state index >= 15 is 0 Å². The Hall–Kier alpha value is -2.38. The van der Waals surface area contributed by atoms with Crippen LogP contribution in [-0.2, 0) is 6.54 Å². The molecule has 7 nitrogen and oxygen atoms in total. The average molecular weight is 384 g/mol. The number of aryl methyl sites for hydroxylation is 1. The normalized spacial score (nSPS) is 10.5. The average Bonchev–Trinajstić information content (AvgIpc) is 2.58. The third-order valence-corrected chi connectivity index (χ3v) is 4.21. The maximum absolute atomic E-state index is 12.0. The predicted octanol–water partition coefficient (Wildman–Crippen LogP) is 3.27. The SMILES string of the molecule is O=C(NCCCCn1cc([N+](=O)[O-])ccc1=O)c1ccc(Cl)c(Cl)c1. The first-order valence-corrected chi connectivity index (χ1v) is 8.22. The zero-order valence-electron chi connectivity index (χ0n) is 13.1. The molecular weight excluding hydrogens is 369 g/mol. The van der Waals surface area contributed by atoms with Crippen LogP contribution in [0.15, 0.2) is 41.3 Å². The van der Waals surface area contributed by atoms with Crippen molar-refractivity contribution in [2.45, 2.75) is 19.4 Å². The molecule has 0 aliphatic rings. The summed E-state index contributed by atoms with van der Waals surface area (Å²) in [6.45, 7) is 0.742. The van der Waals surface area contributed by atoms with Gasteiger partial charge in [-0.05, 0) is 31.0 Å². The number of unbranched alkanes of at least 4 members (excludes halogenated alkanes) is 1. The Morgan fingerprint density at radius 1 is 1.16 bits per heavy atom. The van der Waals surface area contributed by atoms with Gasteiger partial charge in [-0.3, -0.25) is 19.7 Å². The van der Waals surface area contributed by atoms with E-state index in [1.54, 1.807) is 12.1 Å². The molecule has 0 aliphatic carbocycles. The largest absolute Gasteiger partial charge is 0.352 e. The highest BCUT2D eigenvalue weighted by Crippen LogP contribution is 2.22. The molecule has 1 aromatic carbocycles. The van der Waals surface area contributed by atoms with Gasteiger partial charge in [0.25, 0.3) is 17.2 Å². The summed E-state index contributed by atoms with van der Waals surface area (Å²) in [7, 11) is 0. The van der Waals surface area contributed by atoms with E-state index < -0.39 is 4.92 Å². The first-order chi connectivity index (χ1) is 11.9. The summed E-state index contributed by atoms with van der Waals surface area (Å²) in [6.07, 6.45) is 2.42. The molecule has 1 aromatic heterocycles. The van der Waals surface area contributed by atoms with Crippen LogP contribution in [0.4, 0.5) is 5.69 Å². The maximum Gasteiger partial charge on any atom is 0.285 e. The first-order valence-electron chi connectivity index (χ1n) is 7.46. The van der Waals surface area contributed by atoms with Crippen LogP contribution in [0, 0.1) is 10.1 Å². The number of nitrogens with zero attached hydrogens (tertiary/aromatic N) is 2. The van der Waals surface area contributed by atoms with Gasteiger partial charge in [-0.25, -0.2) is 0 Å². The van der Waals surface area contributed by atoms with E-state index in [-0.39, 0.29) is 17.2 Å². The lowest BCUT2D eigenvalue weighted by atomic mass is 10.2. The number of amides is 1. The second-order valence-electron chi connectivity index (χ2n) is 5.27. The fourth-order valence-corrected chi connectivity index (χ4v) is 2.45. The van der Waals surface area contributed by atoms with Gasteiger partial charge in [-0.1, -0.05) is 23.2 Å². The third-order valence-electron chi connectivity index (χ3n) is 3.47. The molecule has 2 rings (SSSR count). The molecule has 2 aromatic rings. The molecule has 0 saturated heterocycles. The van der Waals surface area contributed by atoms with E-state index in [1.165, 1.54) is 29.0 Å². The quantitative estimate of drug-likeness (QED) is 0.450. The molecule has 1 N–H and O–H groups in total. The summed E-state index contributed by atoms with van der Waals surface area (Å²) in [4.78, 5) is 33.8. The van der Waals surface area contributed by atoms with Crippen LogP contribution >= 0.6 is 23.2 Å². The van der Waals surface area contributed by atoms with Crippen molar-refractivity contribution < 1.29 is 9.72 Å². The van der Waals surface area contributed by atoms with Crippen molar-refractivity contribution in [1.29, 1.82) is 0 Å². The molecule has 1 amide bonds. The minimum absolute atomic E-state index is 0.132. The standard InChI is InChI=1S/C16H15Cl2N3O4/c17-13-5-3-11(9-14(13)18)16(23)19-7-1-2-8-20-10-12(21(24)25)4-6-15(20)22/h3-6,9-10H,1-2,7-8H2,(H,19,23). The molecule has 0 aliphatic heterocycles. The van der Waals surface area contributed by atoms with Crippen molar-refractivity contribution in [1.82, 2.24) is 9.88 Å². The lowest BCUT2D eigenvalue weighted by Crippen LogP contribution is -2.25. The molecule has 25 heavy (non-hydrogen) atoms. The predicted molar refractivity (Wildman–Crippen MR) is 95.4 cm³/mol. The molecule has 132 valence electrons. The van der Waals surface area contributed by atoms with Gasteiger partial charge in [0, 0.05) is 30.8 Å². The van der Waals surface area contributed by atoms with Crippen molar-refractivity contribution in [3.63, 3.8) is 0 Å². The number of hydrogen-bond donors (Lipinski definition) is 1. The third kappa shape index (κ3) is 5.30. The number of nitrogens with one attached hydrogen (secondary N) is 1. The molecule has 9 heteroatoms. The Morgan fingerprint density at radius 2 is 1.92 bits per heavy atom. The van der Waals surface area contributed by atoms with Gasteiger partial charge in [0.1, 0.15) is 0 Å². The molecular formula is C16H15Cl2N3O4. The van der Waals surface area contributed by atoms with Crippen molar-refractivity contribution in [3.05, 3.63) is 72.6 Å². The summed E-state index contributed by atoms with van der Waals surface area (Å²) in [5, 5.41) is 14.1. The molecule has 0 radical (unpaired) electrons. The summed E-state index contributed by atoms with van der Waals surface area (Å²) in [5.74, 6) is -0.272. The van der Waals surface area contributed by atoms with Crippen LogP contribution < -0.4 is 10.9 Å². The van der Waals surface area contributed by atoms with Gasteiger partial charge < -0.3 is 9.88 Å². The number of rotatable bonds is 7. The monoisotopic (exact) mass is 383 g/mol. The van der Waals surface area contributed by atoms with Gasteiger partial charge in [0.05, 0.1) is 21.2 Å². The van der Waals surface area contributed by atoms with Gasteiger partial charge >= 0.3 is 0 Å². The van der Waals surface area contributed by atoms with E-state index in [9.17, 15) is 19.7 Å². The zero-order valence-corrected chi connectivity index (χ0v) is 14.6. The van der Waals surface area contributed by atoms with Crippen LogP contribution in [0.25, 0.3) is 0 Å². The Bertz CT molecular complexity index is 852. The molecule has 0 bridgehead atoms. The maximum atomic E-state index is 12.0. The van der Waals surface area contributed by atoms with E-state index in [4.69, 9.17) is 23.2 Å². The van der Waals surface area contributed by atoms with Crippen LogP contribution in [0.1, 0.15) is 23.2 Å². The lowest BCUT2D eigenvalue weighted by molar-refractivity contribution is -0.385. The Balaban J connectivity index is 1.81. The second-order valence-corrected chi connectivity index (χ2v) is 6.08. The van der Waals surface area contributed by atoms with Crippen LogP contribution in [0.3, 0.4) is 0 Å². The van der Waals surface area contributed by atoms with Crippen LogP contribution in [0.2, 0.25) is 10.0 Å². The van der Waals surface area contributed by atoms with Gasteiger partial charge in [0.15, 0.2) is 0 Å². The van der Waals surface area contributed by atoms with Crippen molar-refractivity contribution >= 4 is 34.8 Å². The fourth-order valence-electron chi connectivity index (χ4n) is 2.15. The number of hydrogen-bond acceptors (Lipinski definition) is 4. The molecule has 0 atom stereocenters. The topological polar surface area (TPSA) is 94.2 Å². The molecule has 1 heterocycles. The highest BCUT2D eigenvalue weighted by atomic mass is 35.5. The summed E-state index contributed by atoms with van der Waals surface area (Å²) >= 11 is 11.7. The number of benzene rings is 1. The first kappa shape index (κ1) is 19.0. The van der Waals surface area contributed by atoms with Crippen LogP contribution in [0.5, 0.6) is 0 Å². The van der Waals surface area contributed by atoms with E-state index in [1.807, 2.05) is 0 Å². The number of halogens is 2. The summed E-state index contributed by atoms with van der Waals surface area (Å²) in [5.41, 5.74) is -0.0257. The number of nitro groups is 1. The summed E-state index contributed by atoms with van der Waals surface area (Å²) in [6, 6.07) is 6.96. The van der Waals surface area contributed by atoms with E-state index in [2.05, 4.69) is 5.32 Å². The van der Waals surface area contributed by atoms with E-state index in [0.717, 1.165) is 0 Å². The van der Waals surface area contributed by atoms with Gasteiger partial charge in [0.2, 0.25) is 0 Å². The van der Waals surface area contributed by atoms with Crippen molar-refractivity contribution in [2.24, 2.45) is 0 Å². The molecule has 0 spiro atoms. The molecule has 0 unspecified atom stereocenters. The number of carbonyl (C=O) groups is 1. The Kier molecular flexibility index (Phi) is 6.55. The molecule has 0 saturated carbocycles. The van der Waals surface area contributed by atoms with E-state index in [0.29, 0.717) is 41.5 Å². The number of aromatic nitrogens is 1. The molecule has 0 fully saturated rings. The van der Waals surface area contributed by atoms with Crippen molar-refractivity contribution in [3.8, 4) is 0 Å². The Morgan fingerprint density at radius 3 is 2.60 bits per heavy atom. The number of pyridine rings is 1.